The van der Waals surface area contributed by atoms with Crippen LogP contribution >= 0.6 is 0 Å². The molecule has 0 radical (unpaired) electrons. The molecule has 0 aromatic rings. The van der Waals surface area contributed by atoms with E-state index >= 15 is 0 Å². The maximum absolute atomic E-state index is 12.2. The molecule has 0 bridgehead atoms. The molecule has 0 aromatic carbocycles. The molecule has 1 heterocycles. The zero-order chi connectivity index (χ0) is 15.5. The summed E-state index contributed by atoms with van der Waals surface area (Å²) in [5.74, 6) is 1.54. The van der Waals surface area contributed by atoms with Crippen molar-refractivity contribution < 1.29 is 9.59 Å². The molecule has 2 N–H and O–H groups in total. The number of urea groups is 1. The van der Waals surface area contributed by atoms with Gasteiger partial charge in [-0.05, 0) is 45.4 Å². The first-order valence-corrected chi connectivity index (χ1v) is 8.19. The van der Waals surface area contributed by atoms with Crippen LogP contribution in [0.4, 0.5) is 4.79 Å². The quantitative estimate of drug-likeness (QED) is 0.820. The van der Waals surface area contributed by atoms with E-state index in [4.69, 9.17) is 0 Å². The molecule has 0 spiro atoms. The number of carbonyl (C=O) groups excluding carboxylic acids is 2. The summed E-state index contributed by atoms with van der Waals surface area (Å²) in [5, 5.41) is 5.47. The average molecular weight is 295 g/mol. The van der Waals surface area contributed by atoms with Crippen LogP contribution in [0.2, 0.25) is 0 Å². The number of rotatable bonds is 2. The number of carbonyl (C=O) groups is 2. The summed E-state index contributed by atoms with van der Waals surface area (Å²) in [6, 6.07) is -0.275. The van der Waals surface area contributed by atoms with Gasteiger partial charge in [-0.2, -0.15) is 0 Å². The normalized spacial score (nSPS) is 26.0. The van der Waals surface area contributed by atoms with Crippen molar-refractivity contribution >= 4 is 11.9 Å². The Morgan fingerprint density at radius 2 is 1.76 bits per heavy atom. The number of fused-ring (bicyclic) bond motifs is 1. The van der Waals surface area contributed by atoms with Crippen molar-refractivity contribution in [3.8, 4) is 0 Å². The number of hydrogen-bond acceptors (Lipinski definition) is 2. The molecule has 5 nitrogen and oxygen atoms in total. The summed E-state index contributed by atoms with van der Waals surface area (Å²) in [7, 11) is 0. The average Bonchev–Trinajstić information content (AvgIpc) is 2.42. The van der Waals surface area contributed by atoms with Crippen LogP contribution in [-0.2, 0) is 4.79 Å². The second-order valence-electron chi connectivity index (χ2n) is 7.49. The first kappa shape index (κ1) is 16.1. The van der Waals surface area contributed by atoms with Crippen molar-refractivity contribution in [1.82, 2.24) is 15.5 Å². The van der Waals surface area contributed by atoms with Gasteiger partial charge in [0.15, 0.2) is 0 Å². The van der Waals surface area contributed by atoms with Crippen LogP contribution in [0.1, 0.15) is 52.9 Å². The fourth-order valence-electron chi connectivity index (χ4n) is 3.48. The van der Waals surface area contributed by atoms with Gasteiger partial charge in [-0.25, -0.2) is 4.79 Å². The lowest BCUT2D eigenvalue weighted by Gasteiger charge is -2.41. The van der Waals surface area contributed by atoms with Gasteiger partial charge in [-0.3, -0.25) is 4.79 Å². The lowest BCUT2D eigenvalue weighted by Crippen LogP contribution is -2.51. The van der Waals surface area contributed by atoms with E-state index in [9.17, 15) is 9.59 Å². The second kappa shape index (κ2) is 6.67. The van der Waals surface area contributed by atoms with Crippen molar-refractivity contribution in [1.29, 1.82) is 0 Å². The molecule has 5 heteroatoms. The maximum atomic E-state index is 12.2. The van der Waals surface area contributed by atoms with Crippen LogP contribution in [0.5, 0.6) is 0 Å². The third-order valence-electron chi connectivity index (χ3n) is 4.53. The van der Waals surface area contributed by atoms with Crippen molar-refractivity contribution in [3.63, 3.8) is 0 Å². The van der Waals surface area contributed by atoms with E-state index in [1.165, 1.54) is 25.7 Å². The lowest BCUT2D eigenvalue weighted by molar-refractivity contribution is -0.133. The topological polar surface area (TPSA) is 61.4 Å². The highest BCUT2D eigenvalue weighted by Crippen LogP contribution is 2.35. The molecule has 21 heavy (non-hydrogen) atoms. The van der Waals surface area contributed by atoms with E-state index < -0.39 is 0 Å². The van der Waals surface area contributed by atoms with E-state index in [1.807, 2.05) is 25.7 Å². The minimum atomic E-state index is -0.284. The van der Waals surface area contributed by atoms with E-state index in [2.05, 4.69) is 10.6 Å². The first-order valence-electron chi connectivity index (χ1n) is 8.19. The molecule has 1 saturated carbocycles. The number of piperidine rings is 1. The zero-order valence-electron chi connectivity index (χ0n) is 13.6. The molecule has 1 aliphatic heterocycles. The third-order valence-corrected chi connectivity index (χ3v) is 4.53. The minimum absolute atomic E-state index is 0.0445. The molecule has 2 fully saturated rings. The predicted molar refractivity (Wildman–Crippen MR) is 82.9 cm³/mol. The largest absolute Gasteiger partial charge is 0.341 e. The molecular formula is C16H29N3O2. The van der Waals surface area contributed by atoms with E-state index in [1.54, 1.807) is 0 Å². The molecule has 1 aliphatic carbocycles. The molecule has 2 rings (SSSR count). The van der Waals surface area contributed by atoms with Crippen molar-refractivity contribution in [2.24, 2.45) is 11.8 Å². The fraction of sp³-hybridized carbons (Fsp3) is 0.875. The van der Waals surface area contributed by atoms with Gasteiger partial charge < -0.3 is 15.5 Å². The van der Waals surface area contributed by atoms with Gasteiger partial charge in [-0.15, -0.1) is 0 Å². The summed E-state index contributed by atoms with van der Waals surface area (Å²) in [5.41, 5.74) is -0.284. The van der Waals surface area contributed by atoms with Crippen LogP contribution in [-0.4, -0.2) is 42.0 Å². The Balaban J connectivity index is 1.75. The summed E-state index contributed by atoms with van der Waals surface area (Å²) in [6.07, 6.45) is 6.37. The van der Waals surface area contributed by atoms with Crippen LogP contribution < -0.4 is 10.6 Å². The molecule has 2 atom stereocenters. The highest BCUT2D eigenvalue weighted by Gasteiger charge is 2.32. The number of likely N-dealkylation sites (tertiary alicyclic amines) is 1. The highest BCUT2D eigenvalue weighted by molar-refractivity contribution is 5.84. The summed E-state index contributed by atoms with van der Waals surface area (Å²) in [4.78, 5) is 25.8. The van der Waals surface area contributed by atoms with Gasteiger partial charge in [0.05, 0.1) is 6.54 Å². The van der Waals surface area contributed by atoms with Crippen LogP contribution in [0.25, 0.3) is 0 Å². The van der Waals surface area contributed by atoms with Crippen LogP contribution in [0, 0.1) is 11.8 Å². The van der Waals surface area contributed by atoms with Gasteiger partial charge in [0.1, 0.15) is 0 Å². The van der Waals surface area contributed by atoms with Gasteiger partial charge in [-0.1, -0.05) is 19.3 Å². The van der Waals surface area contributed by atoms with Gasteiger partial charge in [0.2, 0.25) is 5.91 Å². The number of nitrogens with one attached hydrogen (secondary N) is 2. The zero-order valence-corrected chi connectivity index (χ0v) is 13.6. The molecule has 2 unspecified atom stereocenters. The first-order chi connectivity index (χ1) is 9.85. The molecule has 2 aliphatic rings. The highest BCUT2D eigenvalue weighted by atomic mass is 16.2. The Kier molecular flexibility index (Phi) is 5.12. The monoisotopic (exact) mass is 295 g/mol. The van der Waals surface area contributed by atoms with E-state index in [-0.39, 0.29) is 24.0 Å². The lowest BCUT2D eigenvalue weighted by atomic mass is 9.75. The molecule has 1 saturated heterocycles. The molecular weight excluding hydrogens is 266 g/mol. The van der Waals surface area contributed by atoms with Gasteiger partial charge in [0.25, 0.3) is 0 Å². The van der Waals surface area contributed by atoms with Crippen LogP contribution in [0.15, 0.2) is 0 Å². The number of hydrogen-bond donors (Lipinski definition) is 2. The number of amides is 3. The molecule has 120 valence electrons. The Bertz CT molecular complexity index is 389. The molecule has 3 amide bonds. The summed E-state index contributed by atoms with van der Waals surface area (Å²) in [6.45, 7) is 7.58. The minimum Gasteiger partial charge on any atom is -0.341 e. The van der Waals surface area contributed by atoms with Crippen LogP contribution in [0.3, 0.4) is 0 Å². The van der Waals surface area contributed by atoms with Crippen molar-refractivity contribution in [2.75, 3.05) is 19.6 Å². The summed E-state index contributed by atoms with van der Waals surface area (Å²) >= 11 is 0. The Labute approximate surface area is 127 Å². The fourth-order valence-corrected chi connectivity index (χ4v) is 3.48. The number of nitrogens with zero attached hydrogens (tertiary/aromatic N) is 1. The van der Waals surface area contributed by atoms with Crippen molar-refractivity contribution in [3.05, 3.63) is 0 Å². The van der Waals surface area contributed by atoms with Gasteiger partial charge in [0, 0.05) is 18.6 Å². The van der Waals surface area contributed by atoms with Gasteiger partial charge >= 0.3 is 6.03 Å². The summed E-state index contributed by atoms with van der Waals surface area (Å²) < 4.78 is 0. The maximum Gasteiger partial charge on any atom is 0.315 e. The van der Waals surface area contributed by atoms with E-state index in [0.717, 1.165) is 25.4 Å². The standard InChI is InChI=1S/C16H29N3O2/c1-16(2,3)18-15(21)17-10-14(20)19-9-8-12-6-4-5-7-13(12)11-19/h12-13H,4-11H2,1-3H3,(H2,17,18,21). The second-order valence-corrected chi connectivity index (χ2v) is 7.49. The Morgan fingerprint density at radius 3 is 2.43 bits per heavy atom. The van der Waals surface area contributed by atoms with Crippen molar-refractivity contribution in [2.45, 2.75) is 58.4 Å². The Hall–Kier alpha value is -1.26. The third kappa shape index (κ3) is 4.90. The predicted octanol–water partition coefficient (Wildman–Crippen LogP) is 2.12. The SMILES string of the molecule is CC(C)(C)NC(=O)NCC(=O)N1CCC2CCCCC2C1. The van der Waals surface area contributed by atoms with E-state index in [0.29, 0.717) is 5.92 Å². The Morgan fingerprint density at radius 1 is 1.10 bits per heavy atom. The smallest absolute Gasteiger partial charge is 0.315 e. The molecule has 0 aromatic heterocycles.